The Kier molecular flexibility index (Phi) is 4.05. The van der Waals surface area contributed by atoms with Crippen LogP contribution in [0.2, 0.25) is 0 Å². The Bertz CT molecular complexity index is 324. The average molecular weight is 210 g/mol. The van der Waals surface area contributed by atoms with Crippen LogP contribution in [0.3, 0.4) is 0 Å². The molecule has 0 bridgehead atoms. The average Bonchev–Trinajstić information content (AvgIpc) is 2.26. The number of carbonyl (C=O) groups is 1. The Morgan fingerprint density at radius 3 is 2.87 bits per heavy atom. The lowest BCUT2D eigenvalue weighted by molar-refractivity contribution is -0.122. The number of nitrogens with two attached hydrogens (primary N) is 1. The van der Waals surface area contributed by atoms with Crippen LogP contribution in [-0.2, 0) is 11.4 Å². The third-order valence-electron chi connectivity index (χ3n) is 1.95. The van der Waals surface area contributed by atoms with Gasteiger partial charge >= 0.3 is 0 Å². The molecular weight excluding hydrogens is 196 g/mol. The number of nitrogens with zero attached hydrogens (tertiary/aromatic N) is 1. The molecule has 3 N–H and O–H groups in total. The fourth-order valence-corrected chi connectivity index (χ4v) is 0.893. The first kappa shape index (κ1) is 11.5. The Hall–Kier alpha value is -1.62. The highest BCUT2D eigenvalue weighted by atomic mass is 16.5. The molecule has 0 spiro atoms. The van der Waals surface area contributed by atoms with Crippen LogP contribution >= 0.6 is 0 Å². The topological polar surface area (TPSA) is 85.4 Å². The molecule has 1 amide bonds. The summed E-state index contributed by atoms with van der Waals surface area (Å²) in [6, 6.07) is 3.34. The molecule has 0 saturated carbocycles. The van der Waals surface area contributed by atoms with Crippen LogP contribution in [0, 0.1) is 5.92 Å². The van der Waals surface area contributed by atoms with Crippen LogP contribution in [0.5, 0.6) is 5.75 Å². The van der Waals surface area contributed by atoms with Crippen molar-refractivity contribution in [1.82, 2.24) is 4.98 Å². The maximum absolute atomic E-state index is 10.7. The summed E-state index contributed by atoms with van der Waals surface area (Å²) in [5, 5.41) is 8.75. The third kappa shape index (κ3) is 3.55. The second-order valence-corrected chi connectivity index (χ2v) is 3.26. The van der Waals surface area contributed by atoms with Gasteiger partial charge in [-0.1, -0.05) is 6.92 Å². The van der Waals surface area contributed by atoms with Gasteiger partial charge in [-0.15, -0.1) is 0 Å². The predicted molar refractivity (Wildman–Crippen MR) is 54.0 cm³/mol. The van der Waals surface area contributed by atoms with Crippen LogP contribution in [0.15, 0.2) is 18.3 Å². The lowest BCUT2D eigenvalue weighted by atomic mass is 10.2. The standard InChI is InChI=1S/C10H14N2O3/c1-7(10(11)14)6-15-9-3-2-8(5-13)12-4-9/h2-4,7,13H,5-6H2,1H3,(H2,11,14). The normalized spacial score (nSPS) is 12.1. The van der Waals surface area contributed by atoms with Gasteiger partial charge in [0.1, 0.15) is 5.75 Å². The number of ether oxygens (including phenoxy) is 1. The second kappa shape index (κ2) is 5.31. The summed E-state index contributed by atoms with van der Waals surface area (Å²) in [7, 11) is 0. The quantitative estimate of drug-likeness (QED) is 0.720. The molecule has 5 nitrogen and oxygen atoms in total. The number of rotatable bonds is 5. The van der Waals surface area contributed by atoms with Crippen molar-refractivity contribution in [3.63, 3.8) is 0 Å². The molecule has 0 saturated heterocycles. The van der Waals surface area contributed by atoms with E-state index in [1.807, 2.05) is 0 Å². The monoisotopic (exact) mass is 210 g/mol. The van der Waals surface area contributed by atoms with Crippen molar-refractivity contribution in [3.05, 3.63) is 24.0 Å². The van der Waals surface area contributed by atoms with E-state index in [0.717, 1.165) is 0 Å². The van der Waals surface area contributed by atoms with Crippen LogP contribution < -0.4 is 10.5 Å². The molecule has 0 aliphatic rings. The van der Waals surface area contributed by atoms with E-state index in [0.29, 0.717) is 11.4 Å². The van der Waals surface area contributed by atoms with Crippen LogP contribution in [0.4, 0.5) is 0 Å². The molecule has 1 unspecified atom stereocenters. The van der Waals surface area contributed by atoms with Crippen LogP contribution in [0.25, 0.3) is 0 Å². The van der Waals surface area contributed by atoms with Gasteiger partial charge in [0, 0.05) is 0 Å². The van der Waals surface area contributed by atoms with Gasteiger partial charge < -0.3 is 15.6 Å². The fraction of sp³-hybridized carbons (Fsp3) is 0.400. The number of aliphatic hydroxyl groups excluding tert-OH is 1. The van der Waals surface area contributed by atoms with Crippen LogP contribution in [0.1, 0.15) is 12.6 Å². The Morgan fingerprint density at radius 1 is 1.67 bits per heavy atom. The molecule has 0 fully saturated rings. The van der Waals surface area contributed by atoms with E-state index in [2.05, 4.69) is 4.98 Å². The number of primary amides is 1. The molecule has 1 atom stereocenters. The first-order chi connectivity index (χ1) is 7.13. The Balaban J connectivity index is 2.47. The molecule has 0 aliphatic carbocycles. The van der Waals surface area contributed by atoms with E-state index < -0.39 is 5.91 Å². The number of aromatic nitrogens is 1. The molecule has 0 aromatic carbocycles. The lowest BCUT2D eigenvalue weighted by Crippen LogP contribution is -2.25. The molecule has 15 heavy (non-hydrogen) atoms. The van der Waals surface area contributed by atoms with Crippen molar-refractivity contribution in [2.75, 3.05) is 6.61 Å². The summed E-state index contributed by atoms with van der Waals surface area (Å²) in [6.45, 7) is 1.82. The zero-order valence-electron chi connectivity index (χ0n) is 8.51. The highest BCUT2D eigenvalue weighted by Crippen LogP contribution is 2.10. The van der Waals surface area contributed by atoms with E-state index in [4.69, 9.17) is 15.6 Å². The number of aliphatic hydroxyl groups is 1. The first-order valence-electron chi connectivity index (χ1n) is 4.61. The highest BCUT2D eigenvalue weighted by molar-refractivity contribution is 5.76. The zero-order chi connectivity index (χ0) is 11.3. The molecule has 0 aliphatic heterocycles. The molecule has 1 rings (SSSR count). The number of amides is 1. The summed E-state index contributed by atoms with van der Waals surface area (Å²) >= 11 is 0. The van der Waals surface area contributed by atoms with Gasteiger partial charge in [0.15, 0.2) is 0 Å². The minimum atomic E-state index is -0.394. The number of pyridine rings is 1. The summed E-state index contributed by atoms with van der Waals surface area (Å²) in [5.74, 6) is -0.169. The summed E-state index contributed by atoms with van der Waals surface area (Å²) < 4.78 is 5.28. The molecule has 1 aromatic heterocycles. The summed E-state index contributed by atoms with van der Waals surface area (Å²) in [6.07, 6.45) is 1.50. The second-order valence-electron chi connectivity index (χ2n) is 3.26. The van der Waals surface area contributed by atoms with Crippen molar-refractivity contribution < 1.29 is 14.6 Å². The molecular formula is C10H14N2O3. The molecule has 5 heteroatoms. The first-order valence-corrected chi connectivity index (χ1v) is 4.61. The van der Waals surface area contributed by atoms with Gasteiger partial charge in [-0.3, -0.25) is 9.78 Å². The van der Waals surface area contributed by atoms with Crippen molar-refractivity contribution in [3.8, 4) is 5.75 Å². The highest BCUT2D eigenvalue weighted by Gasteiger charge is 2.09. The molecule has 1 heterocycles. The Labute approximate surface area is 87.9 Å². The summed E-state index contributed by atoms with van der Waals surface area (Å²) in [4.78, 5) is 14.6. The van der Waals surface area contributed by atoms with Crippen LogP contribution in [-0.4, -0.2) is 22.6 Å². The van der Waals surface area contributed by atoms with Gasteiger partial charge in [-0.25, -0.2) is 0 Å². The van der Waals surface area contributed by atoms with Crippen molar-refractivity contribution in [2.24, 2.45) is 11.7 Å². The maximum Gasteiger partial charge on any atom is 0.223 e. The molecule has 0 radical (unpaired) electrons. The van der Waals surface area contributed by atoms with Gasteiger partial charge in [-0.2, -0.15) is 0 Å². The molecule has 82 valence electrons. The van der Waals surface area contributed by atoms with E-state index in [1.165, 1.54) is 6.20 Å². The van der Waals surface area contributed by atoms with Crippen molar-refractivity contribution in [1.29, 1.82) is 0 Å². The van der Waals surface area contributed by atoms with Gasteiger partial charge in [0.05, 0.1) is 31.0 Å². The van der Waals surface area contributed by atoms with Gasteiger partial charge in [0.25, 0.3) is 0 Å². The van der Waals surface area contributed by atoms with E-state index in [9.17, 15) is 4.79 Å². The number of carbonyl (C=O) groups excluding carboxylic acids is 1. The predicted octanol–water partition coefficient (Wildman–Crippen LogP) is 0.0741. The van der Waals surface area contributed by atoms with E-state index in [-0.39, 0.29) is 19.1 Å². The van der Waals surface area contributed by atoms with Crippen molar-refractivity contribution >= 4 is 5.91 Å². The summed E-state index contributed by atoms with van der Waals surface area (Å²) in [5.41, 5.74) is 5.65. The SMILES string of the molecule is CC(COc1ccc(CO)nc1)C(N)=O. The van der Waals surface area contributed by atoms with Gasteiger partial charge in [0.2, 0.25) is 5.91 Å². The number of hydrogen-bond donors (Lipinski definition) is 2. The van der Waals surface area contributed by atoms with Gasteiger partial charge in [-0.05, 0) is 12.1 Å². The third-order valence-corrected chi connectivity index (χ3v) is 1.95. The minimum absolute atomic E-state index is 0.0992. The van der Waals surface area contributed by atoms with E-state index >= 15 is 0 Å². The lowest BCUT2D eigenvalue weighted by Gasteiger charge is -2.09. The molecule has 1 aromatic rings. The maximum atomic E-state index is 10.7. The minimum Gasteiger partial charge on any atom is -0.491 e. The smallest absolute Gasteiger partial charge is 0.223 e. The number of hydrogen-bond acceptors (Lipinski definition) is 4. The fourth-order valence-electron chi connectivity index (χ4n) is 0.893. The largest absolute Gasteiger partial charge is 0.491 e. The Morgan fingerprint density at radius 2 is 2.40 bits per heavy atom. The van der Waals surface area contributed by atoms with E-state index in [1.54, 1.807) is 19.1 Å². The zero-order valence-corrected chi connectivity index (χ0v) is 8.51. The van der Waals surface area contributed by atoms with Crippen molar-refractivity contribution in [2.45, 2.75) is 13.5 Å².